The molecule has 150 valence electrons. The van der Waals surface area contributed by atoms with Crippen LogP contribution >= 0.6 is 11.3 Å². The summed E-state index contributed by atoms with van der Waals surface area (Å²) in [6.07, 6.45) is 3.59. The Hall–Kier alpha value is -2.71. The molecule has 1 amide bonds. The quantitative estimate of drug-likeness (QED) is 0.542. The highest BCUT2D eigenvalue weighted by Gasteiger charge is 2.28. The van der Waals surface area contributed by atoms with Gasteiger partial charge in [0.25, 0.3) is 5.91 Å². The number of likely N-dealkylation sites (N-methyl/N-ethyl adjacent to an activating group) is 1. The molecule has 5 rings (SSSR count). The number of carbonyl (C=O) groups excluding carboxylic acids is 1. The van der Waals surface area contributed by atoms with Crippen molar-refractivity contribution in [1.82, 2.24) is 29.8 Å². The van der Waals surface area contributed by atoms with Gasteiger partial charge in [0.2, 0.25) is 0 Å². The summed E-state index contributed by atoms with van der Waals surface area (Å²) < 4.78 is 2.98. The van der Waals surface area contributed by atoms with Crippen LogP contribution in [0.1, 0.15) is 40.6 Å². The number of aromatic nitrogens is 4. The number of fused-ring (bicyclic) bond motifs is 2. The summed E-state index contributed by atoms with van der Waals surface area (Å²) in [5.74, 6) is 0.419. The van der Waals surface area contributed by atoms with Gasteiger partial charge in [-0.15, -0.1) is 11.3 Å². The highest BCUT2D eigenvalue weighted by atomic mass is 32.1. The van der Waals surface area contributed by atoms with E-state index in [1.807, 2.05) is 28.7 Å². The van der Waals surface area contributed by atoms with Crippen LogP contribution in [0, 0.1) is 6.92 Å². The van der Waals surface area contributed by atoms with Crippen molar-refractivity contribution in [1.29, 1.82) is 0 Å². The molecule has 1 aliphatic rings. The van der Waals surface area contributed by atoms with Gasteiger partial charge in [-0.05, 0) is 36.1 Å². The minimum Gasteiger partial charge on any atom is -0.354 e. The van der Waals surface area contributed by atoms with Crippen molar-refractivity contribution in [3.63, 3.8) is 0 Å². The number of thiophene rings is 1. The van der Waals surface area contributed by atoms with Crippen LogP contribution in [0.2, 0.25) is 0 Å². The average Bonchev–Trinajstić information content (AvgIpc) is 3.32. The van der Waals surface area contributed by atoms with E-state index in [1.54, 1.807) is 17.7 Å². The molecule has 29 heavy (non-hydrogen) atoms. The minimum atomic E-state index is 0.0993. The molecule has 1 fully saturated rings. The van der Waals surface area contributed by atoms with Gasteiger partial charge in [0.15, 0.2) is 5.65 Å². The molecule has 0 bridgehead atoms. The van der Waals surface area contributed by atoms with E-state index in [0.29, 0.717) is 12.0 Å². The minimum absolute atomic E-state index is 0.0993. The van der Waals surface area contributed by atoms with E-state index in [0.717, 1.165) is 50.7 Å². The summed E-state index contributed by atoms with van der Waals surface area (Å²) in [6.45, 7) is 8.18. The summed E-state index contributed by atoms with van der Waals surface area (Å²) >= 11 is 1.59. The fourth-order valence-electron chi connectivity index (χ4n) is 4.00. The molecule has 7 nitrogen and oxygen atoms in total. The monoisotopic (exact) mass is 408 g/mol. The van der Waals surface area contributed by atoms with E-state index in [2.05, 4.69) is 47.2 Å². The Labute approximate surface area is 172 Å². The van der Waals surface area contributed by atoms with E-state index < -0.39 is 0 Å². The molecular formula is C21H24N6OS. The normalized spacial score (nSPS) is 14.8. The van der Waals surface area contributed by atoms with Gasteiger partial charge >= 0.3 is 0 Å². The third kappa shape index (κ3) is 2.86. The van der Waals surface area contributed by atoms with Gasteiger partial charge in [0.05, 0.1) is 26.8 Å². The second-order valence-corrected chi connectivity index (χ2v) is 9.14. The zero-order chi connectivity index (χ0) is 20.3. The first-order valence-corrected chi connectivity index (χ1v) is 10.7. The number of aromatic amines is 1. The SMILES string of the molecule is Cc1cc(-c2[nH]c3cc(C(=O)N(C)C4CNC4)sc3c2C(C)C)cn2ncnc12. The fourth-order valence-corrected chi connectivity index (χ4v) is 5.30. The van der Waals surface area contributed by atoms with Crippen LogP contribution in [0.25, 0.3) is 27.1 Å². The number of aryl methyl sites for hydroxylation is 1. The Morgan fingerprint density at radius 2 is 2.14 bits per heavy atom. The molecule has 0 atom stereocenters. The number of rotatable bonds is 4. The van der Waals surface area contributed by atoms with Gasteiger partial charge in [-0.25, -0.2) is 9.50 Å². The van der Waals surface area contributed by atoms with Gasteiger partial charge in [0, 0.05) is 31.9 Å². The van der Waals surface area contributed by atoms with E-state index in [4.69, 9.17) is 0 Å². The molecule has 2 N–H and O–H groups in total. The molecule has 0 radical (unpaired) electrons. The topological polar surface area (TPSA) is 78.3 Å². The first kappa shape index (κ1) is 18.3. The summed E-state index contributed by atoms with van der Waals surface area (Å²) in [4.78, 5) is 23.5. The van der Waals surface area contributed by atoms with E-state index in [1.165, 1.54) is 5.56 Å². The summed E-state index contributed by atoms with van der Waals surface area (Å²) in [6, 6.07) is 4.44. The third-order valence-corrected chi connectivity index (χ3v) is 6.93. The molecule has 0 aromatic carbocycles. The van der Waals surface area contributed by atoms with Crippen LogP contribution in [-0.2, 0) is 0 Å². The average molecular weight is 409 g/mol. The molecular weight excluding hydrogens is 384 g/mol. The molecule has 0 saturated carbocycles. The third-order valence-electron chi connectivity index (χ3n) is 5.77. The lowest BCUT2D eigenvalue weighted by molar-refractivity contribution is 0.0686. The van der Waals surface area contributed by atoms with Crippen molar-refractivity contribution in [3.8, 4) is 11.3 Å². The van der Waals surface area contributed by atoms with Crippen LogP contribution in [0.5, 0.6) is 0 Å². The van der Waals surface area contributed by atoms with Crippen LogP contribution in [-0.4, -0.2) is 56.6 Å². The lowest BCUT2D eigenvalue weighted by atomic mass is 9.99. The Bertz CT molecular complexity index is 1230. The summed E-state index contributed by atoms with van der Waals surface area (Å²) in [7, 11) is 1.90. The number of nitrogens with one attached hydrogen (secondary N) is 2. The standard InChI is InChI=1S/C21H24N6OS/c1-11(2)17-18(13-5-12(3)20-23-10-24-27(20)9-13)25-15-6-16(29-19(15)17)21(28)26(4)14-7-22-8-14/h5-6,9-11,14,22,25H,7-8H2,1-4H3. The van der Waals surface area contributed by atoms with Crippen molar-refractivity contribution in [2.45, 2.75) is 32.7 Å². The highest BCUT2D eigenvalue weighted by Crippen LogP contribution is 2.40. The zero-order valence-corrected chi connectivity index (χ0v) is 17.8. The molecule has 4 aromatic heterocycles. The number of H-pyrrole nitrogens is 1. The lowest BCUT2D eigenvalue weighted by Gasteiger charge is -2.35. The maximum absolute atomic E-state index is 12.9. The first-order chi connectivity index (χ1) is 13.9. The first-order valence-electron chi connectivity index (χ1n) is 9.87. The largest absolute Gasteiger partial charge is 0.354 e. The van der Waals surface area contributed by atoms with E-state index in [9.17, 15) is 4.79 Å². The lowest BCUT2D eigenvalue weighted by Crippen LogP contribution is -2.57. The summed E-state index contributed by atoms with van der Waals surface area (Å²) in [5, 5.41) is 7.53. The Morgan fingerprint density at radius 1 is 1.34 bits per heavy atom. The van der Waals surface area contributed by atoms with Crippen molar-refractivity contribution in [2.24, 2.45) is 0 Å². The molecule has 8 heteroatoms. The second-order valence-electron chi connectivity index (χ2n) is 8.09. The van der Waals surface area contributed by atoms with Gasteiger partial charge in [0.1, 0.15) is 6.33 Å². The number of nitrogens with zero attached hydrogens (tertiary/aromatic N) is 4. The summed E-state index contributed by atoms with van der Waals surface area (Å²) in [5.41, 5.74) is 6.40. The Balaban J connectivity index is 1.60. The second kappa shape index (κ2) is 6.67. The van der Waals surface area contributed by atoms with Crippen molar-refractivity contribution in [3.05, 3.63) is 40.7 Å². The van der Waals surface area contributed by atoms with Crippen molar-refractivity contribution >= 4 is 33.1 Å². The van der Waals surface area contributed by atoms with Crippen LogP contribution in [0.4, 0.5) is 0 Å². The molecule has 0 aliphatic carbocycles. The number of hydrogen-bond donors (Lipinski definition) is 2. The van der Waals surface area contributed by atoms with Crippen molar-refractivity contribution in [2.75, 3.05) is 20.1 Å². The number of amides is 1. The number of hydrogen-bond acceptors (Lipinski definition) is 5. The molecule has 4 aromatic rings. The Kier molecular flexibility index (Phi) is 4.22. The van der Waals surface area contributed by atoms with Crippen molar-refractivity contribution < 1.29 is 4.79 Å². The zero-order valence-electron chi connectivity index (χ0n) is 17.0. The van der Waals surface area contributed by atoms with E-state index >= 15 is 0 Å². The van der Waals surface area contributed by atoms with Crippen LogP contribution in [0.15, 0.2) is 24.7 Å². The fraction of sp³-hybridized carbons (Fsp3) is 0.381. The number of carbonyl (C=O) groups is 1. The Morgan fingerprint density at radius 3 is 2.83 bits per heavy atom. The molecule has 5 heterocycles. The van der Waals surface area contributed by atoms with Gasteiger partial charge < -0.3 is 15.2 Å². The molecule has 0 spiro atoms. The van der Waals surface area contributed by atoms with Gasteiger partial charge in [-0.1, -0.05) is 13.8 Å². The highest BCUT2D eigenvalue weighted by molar-refractivity contribution is 7.21. The predicted molar refractivity (Wildman–Crippen MR) is 116 cm³/mol. The molecule has 1 aliphatic heterocycles. The van der Waals surface area contributed by atoms with Crippen LogP contribution in [0.3, 0.4) is 0 Å². The maximum atomic E-state index is 12.9. The smallest absolute Gasteiger partial charge is 0.264 e. The van der Waals surface area contributed by atoms with Crippen LogP contribution < -0.4 is 5.32 Å². The van der Waals surface area contributed by atoms with Gasteiger partial charge in [-0.2, -0.15) is 5.10 Å². The van der Waals surface area contributed by atoms with Gasteiger partial charge in [-0.3, -0.25) is 4.79 Å². The maximum Gasteiger partial charge on any atom is 0.264 e. The number of pyridine rings is 1. The van der Waals surface area contributed by atoms with E-state index in [-0.39, 0.29) is 5.91 Å². The molecule has 1 saturated heterocycles. The molecule has 0 unspecified atom stereocenters. The predicted octanol–water partition coefficient (Wildman–Crippen LogP) is 3.41.